The maximum absolute atomic E-state index is 12.0. The van der Waals surface area contributed by atoms with Crippen LogP contribution >= 0.6 is 15.9 Å². The van der Waals surface area contributed by atoms with Crippen molar-refractivity contribution < 1.29 is 28.2 Å². The average molecular weight is 387 g/mol. The van der Waals surface area contributed by atoms with Gasteiger partial charge in [0.15, 0.2) is 10.8 Å². The fourth-order valence-corrected chi connectivity index (χ4v) is 2.32. The smallest absolute Gasteiger partial charge is 0.377 e. The van der Waals surface area contributed by atoms with Crippen LogP contribution in [0.3, 0.4) is 0 Å². The first-order chi connectivity index (χ1) is 11.1. The van der Waals surface area contributed by atoms with E-state index >= 15 is 0 Å². The van der Waals surface area contributed by atoms with Gasteiger partial charge < -0.3 is 13.9 Å². The van der Waals surface area contributed by atoms with Gasteiger partial charge in [0.05, 0.1) is 0 Å². The molecule has 0 spiro atoms. The zero-order valence-corrected chi connectivity index (χ0v) is 14.0. The molecule has 0 saturated carbocycles. The summed E-state index contributed by atoms with van der Waals surface area (Å²) in [7, 11) is 0. The Kier molecular flexibility index (Phi) is 6.61. The molecule has 23 heavy (non-hydrogen) atoms. The van der Waals surface area contributed by atoms with Crippen LogP contribution in [0.15, 0.2) is 45.5 Å². The van der Waals surface area contributed by atoms with Gasteiger partial charge in [-0.05, 0) is 52.7 Å². The highest BCUT2D eigenvalue weighted by molar-refractivity contribution is 9.10. The van der Waals surface area contributed by atoms with E-state index in [0.717, 1.165) is 5.56 Å². The van der Waals surface area contributed by atoms with Crippen LogP contribution in [0.2, 0.25) is 0 Å². The molecule has 1 unspecified atom stereocenters. The van der Waals surface area contributed by atoms with Gasteiger partial charge in [-0.15, -0.1) is 0 Å². The lowest BCUT2D eigenvalue weighted by Crippen LogP contribution is -2.27. The standard InChI is InChI=1S/C16H16BrFO5/c1-2-20-14(16(19)23-18)9-11-3-5-12(6-4-11)21-10-13-7-8-15(17)22-13/h3-8,14H,2,9-10H2,1H3. The lowest BCUT2D eigenvalue weighted by Gasteiger charge is -2.13. The fourth-order valence-electron chi connectivity index (χ4n) is 1.98. The lowest BCUT2D eigenvalue weighted by atomic mass is 10.1. The largest absolute Gasteiger partial charge is 0.486 e. The summed E-state index contributed by atoms with van der Waals surface area (Å²) >= 11 is 3.22. The Morgan fingerprint density at radius 1 is 1.26 bits per heavy atom. The zero-order valence-electron chi connectivity index (χ0n) is 12.5. The van der Waals surface area contributed by atoms with E-state index in [9.17, 15) is 9.32 Å². The first-order valence-electron chi connectivity index (χ1n) is 7.02. The molecule has 1 aromatic heterocycles. The fraction of sp³-hybridized carbons (Fsp3) is 0.312. The van der Waals surface area contributed by atoms with E-state index in [0.29, 0.717) is 29.4 Å². The predicted octanol–water partition coefficient (Wildman–Crippen LogP) is 4.00. The second-order valence-electron chi connectivity index (χ2n) is 4.68. The number of rotatable bonds is 8. The van der Waals surface area contributed by atoms with Crippen LogP contribution in [-0.4, -0.2) is 18.7 Å². The molecule has 1 aromatic carbocycles. The van der Waals surface area contributed by atoms with E-state index in [1.807, 2.05) is 6.07 Å². The van der Waals surface area contributed by atoms with E-state index in [4.69, 9.17) is 13.9 Å². The Hall–Kier alpha value is -1.86. The van der Waals surface area contributed by atoms with Crippen molar-refractivity contribution in [2.75, 3.05) is 6.61 Å². The molecule has 0 aliphatic rings. The van der Waals surface area contributed by atoms with E-state index < -0.39 is 12.1 Å². The number of benzene rings is 1. The molecule has 2 aromatic rings. The van der Waals surface area contributed by atoms with Gasteiger partial charge >= 0.3 is 5.97 Å². The molecule has 0 aliphatic heterocycles. The van der Waals surface area contributed by atoms with Gasteiger partial charge in [-0.1, -0.05) is 12.1 Å². The first kappa shape index (κ1) is 17.5. The molecule has 124 valence electrons. The highest BCUT2D eigenvalue weighted by Gasteiger charge is 2.21. The van der Waals surface area contributed by atoms with Gasteiger partial charge in [-0.2, -0.15) is 0 Å². The van der Waals surface area contributed by atoms with Gasteiger partial charge in [-0.25, -0.2) is 4.79 Å². The second-order valence-corrected chi connectivity index (χ2v) is 5.46. The number of carbonyl (C=O) groups is 1. The van der Waals surface area contributed by atoms with E-state index in [2.05, 4.69) is 20.9 Å². The normalized spacial score (nSPS) is 12.0. The van der Waals surface area contributed by atoms with Crippen molar-refractivity contribution in [3.63, 3.8) is 0 Å². The van der Waals surface area contributed by atoms with Crippen molar-refractivity contribution in [2.24, 2.45) is 0 Å². The summed E-state index contributed by atoms with van der Waals surface area (Å²) in [6.45, 7) is 2.32. The molecule has 0 fully saturated rings. The van der Waals surface area contributed by atoms with Gasteiger partial charge in [0.2, 0.25) is 0 Å². The Balaban J connectivity index is 1.91. The quantitative estimate of drug-likeness (QED) is 0.686. The Labute approximate surface area is 141 Å². The minimum atomic E-state index is -1.03. The summed E-state index contributed by atoms with van der Waals surface area (Å²) in [5, 5.41) is 0. The molecule has 0 bridgehead atoms. The molecule has 2 rings (SSSR count). The summed E-state index contributed by atoms with van der Waals surface area (Å²) in [5.41, 5.74) is 0.807. The number of ether oxygens (including phenoxy) is 2. The molecule has 5 nitrogen and oxygen atoms in total. The third kappa shape index (κ3) is 5.37. The molecular weight excluding hydrogens is 371 g/mol. The van der Waals surface area contributed by atoms with Crippen molar-refractivity contribution in [3.8, 4) is 5.75 Å². The Morgan fingerprint density at radius 2 is 2.00 bits per heavy atom. The first-order valence-corrected chi connectivity index (χ1v) is 7.81. The molecule has 1 heterocycles. The van der Waals surface area contributed by atoms with Crippen LogP contribution in [0.25, 0.3) is 0 Å². The lowest BCUT2D eigenvalue weighted by molar-refractivity contribution is -0.196. The van der Waals surface area contributed by atoms with Crippen LogP contribution < -0.4 is 4.74 Å². The second kappa shape index (κ2) is 8.69. The highest BCUT2D eigenvalue weighted by atomic mass is 79.9. The summed E-state index contributed by atoms with van der Waals surface area (Å²) < 4.78 is 28.8. The topological polar surface area (TPSA) is 57.9 Å². The zero-order chi connectivity index (χ0) is 16.7. The molecule has 0 N–H and O–H groups in total. The van der Waals surface area contributed by atoms with Crippen molar-refractivity contribution in [2.45, 2.75) is 26.1 Å². The minimum Gasteiger partial charge on any atom is -0.486 e. The maximum Gasteiger partial charge on any atom is 0.377 e. The highest BCUT2D eigenvalue weighted by Crippen LogP contribution is 2.19. The Morgan fingerprint density at radius 3 is 2.57 bits per heavy atom. The van der Waals surface area contributed by atoms with E-state index in [-0.39, 0.29) is 6.42 Å². The van der Waals surface area contributed by atoms with Crippen molar-refractivity contribution in [3.05, 3.63) is 52.4 Å². The monoisotopic (exact) mass is 386 g/mol. The van der Waals surface area contributed by atoms with E-state index in [1.165, 1.54) is 0 Å². The summed E-state index contributed by atoms with van der Waals surface area (Å²) in [4.78, 5) is 14.5. The van der Waals surface area contributed by atoms with Crippen LogP contribution in [-0.2, 0) is 27.5 Å². The minimum absolute atomic E-state index is 0.224. The third-order valence-corrected chi connectivity index (χ3v) is 3.49. The number of carbonyl (C=O) groups excluding carboxylic acids is 1. The molecule has 0 amide bonds. The number of hydrogen-bond acceptors (Lipinski definition) is 5. The molecule has 7 heteroatoms. The van der Waals surface area contributed by atoms with Crippen LogP contribution in [0.4, 0.5) is 4.53 Å². The summed E-state index contributed by atoms with van der Waals surface area (Å²) in [6, 6.07) is 10.7. The molecule has 0 radical (unpaired) electrons. The summed E-state index contributed by atoms with van der Waals surface area (Å²) in [6.07, 6.45) is -0.737. The third-order valence-electron chi connectivity index (χ3n) is 3.06. The Bertz CT molecular complexity index is 626. The van der Waals surface area contributed by atoms with Gasteiger partial charge in [0, 0.05) is 17.6 Å². The number of halogens is 2. The van der Waals surface area contributed by atoms with Crippen LogP contribution in [0.5, 0.6) is 5.75 Å². The van der Waals surface area contributed by atoms with Gasteiger partial charge in [-0.3, -0.25) is 4.94 Å². The summed E-state index contributed by atoms with van der Waals surface area (Å²) in [5.74, 6) is 0.320. The number of furan rings is 1. The predicted molar refractivity (Wildman–Crippen MR) is 83.5 cm³/mol. The number of hydrogen-bond donors (Lipinski definition) is 0. The molecule has 1 atom stereocenters. The van der Waals surface area contributed by atoms with Crippen molar-refractivity contribution >= 4 is 21.9 Å². The molecular formula is C16H16BrFO5. The van der Waals surface area contributed by atoms with Crippen LogP contribution in [0.1, 0.15) is 18.2 Å². The van der Waals surface area contributed by atoms with Crippen molar-refractivity contribution in [1.82, 2.24) is 0 Å². The van der Waals surface area contributed by atoms with E-state index in [1.54, 1.807) is 37.3 Å². The van der Waals surface area contributed by atoms with Crippen LogP contribution in [0, 0.1) is 0 Å². The van der Waals surface area contributed by atoms with Gasteiger partial charge in [0.1, 0.15) is 18.1 Å². The van der Waals surface area contributed by atoms with Crippen molar-refractivity contribution in [1.29, 1.82) is 0 Å². The van der Waals surface area contributed by atoms with Gasteiger partial charge in [0.25, 0.3) is 0 Å². The SMILES string of the molecule is CCOC(Cc1ccc(OCc2ccc(Br)o2)cc1)C(=O)OF. The maximum atomic E-state index is 12.0. The molecule has 0 saturated heterocycles. The molecule has 0 aliphatic carbocycles. The average Bonchev–Trinajstić information content (AvgIpc) is 2.98.